The number of carbonyl (C=O) groups excluding carboxylic acids is 2. The first kappa shape index (κ1) is 25.0. The van der Waals surface area contributed by atoms with Crippen LogP contribution in [0.15, 0.2) is 82.6 Å². The highest BCUT2D eigenvalue weighted by Crippen LogP contribution is 2.22. The minimum Gasteiger partial charge on any atom is -0.340 e. The first-order valence-electron chi connectivity index (χ1n) is 10.9. The van der Waals surface area contributed by atoms with Crippen molar-refractivity contribution in [1.82, 2.24) is 10.7 Å². The molecule has 3 aromatic rings. The van der Waals surface area contributed by atoms with E-state index in [4.69, 9.17) is 0 Å². The number of carbonyl (C=O) groups is 2. The van der Waals surface area contributed by atoms with Crippen molar-refractivity contribution in [3.8, 4) is 0 Å². The number of hydrazine groups is 1. The molecule has 1 atom stereocenters. The highest BCUT2D eigenvalue weighted by atomic mass is 32.2. The number of sulfone groups is 1. The van der Waals surface area contributed by atoms with Crippen LogP contribution in [0.1, 0.15) is 35.3 Å². The lowest BCUT2D eigenvalue weighted by Gasteiger charge is -2.22. The molecular weight excluding hydrogens is 450 g/mol. The van der Waals surface area contributed by atoms with Crippen LogP contribution in [0.5, 0.6) is 0 Å². The molecule has 3 N–H and O–H groups in total. The lowest BCUT2D eigenvalue weighted by Crippen LogP contribution is -2.51. The fourth-order valence-electron chi connectivity index (χ4n) is 3.36. The maximum absolute atomic E-state index is 12.8. The Hall–Kier alpha value is -3.65. The second-order valence-corrected chi connectivity index (χ2v) is 10.4. The Labute approximate surface area is 200 Å². The summed E-state index contributed by atoms with van der Waals surface area (Å²) in [6.07, 6.45) is 0. The van der Waals surface area contributed by atoms with Gasteiger partial charge in [-0.1, -0.05) is 49.7 Å². The standard InChI is InChI=1S/C26H29N3O4S/c1-17(2)24(27-25(30)23-8-6-5-7-19(23)4)26(31)29-28-20-11-15-22(16-12-20)34(32,33)21-13-9-18(3)10-14-21/h5-17,24,28H,1-4H3,(H,27,30)(H,29,31)/t24-/m0/s1. The van der Waals surface area contributed by atoms with Crippen molar-refractivity contribution in [3.63, 3.8) is 0 Å². The Morgan fingerprint density at radius 1 is 0.794 bits per heavy atom. The maximum atomic E-state index is 12.8. The zero-order chi connectivity index (χ0) is 24.9. The molecule has 3 aromatic carbocycles. The van der Waals surface area contributed by atoms with Gasteiger partial charge >= 0.3 is 0 Å². The monoisotopic (exact) mass is 479 g/mol. The molecule has 0 aliphatic carbocycles. The van der Waals surface area contributed by atoms with E-state index >= 15 is 0 Å². The quantitative estimate of drug-likeness (QED) is 0.423. The van der Waals surface area contributed by atoms with Gasteiger partial charge < -0.3 is 5.32 Å². The summed E-state index contributed by atoms with van der Waals surface area (Å²) in [6, 6.07) is 19.2. The van der Waals surface area contributed by atoms with E-state index in [0.717, 1.165) is 11.1 Å². The van der Waals surface area contributed by atoms with E-state index in [1.165, 1.54) is 12.1 Å². The summed E-state index contributed by atoms with van der Waals surface area (Å²) in [5.74, 6) is -0.886. The number of nitrogens with one attached hydrogen (secondary N) is 3. The fraction of sp³-hybridized carbons (Fsp3) is 0.231. The highest BCUT2D eigenvalue weighted by Gasteiger charge is 2.25. The SMILES string of the molecule is Cc1ccc(S(=O)(=O)c2ccc(NNC(=O)[C@@H](NC(=O)c3ccccc3C)C(C)C)cc2)cc1. The Morgan fingerprint density at radius 3 is 1.91 bits per heavy atom. The molecule has 0 aromatic heterocycles. The molecule has 0 unspecified atom stereocenters. The Bertz CT molecular complexity index is 1270. The van der Waals surface area contributed by atoms with E-state index < -0.39 is 21.8 Å². The van der Waals surface area contributed by atoms with Crippen LogP contribution in [0.2, 0.25) is 0 Å². The third kappa shape index (κ3) is 5.82. The summed E-state index contributed by atoms with van der Waals surface area (Å²) >= 11 is 0. The third-order valence-corrected chi connectivity index (χ3v) is 7.24. The van der Waals surface area contributed by atoms with Crippen LogP contribution in [-0.4, -0.2) is 26.3 Å². The molecule has 0 saturated heterocycles. The first-order valence-corrected chi connectivity index (χ1v) is 12.4. The molecule has 34 heavy (non-hydrogen) atoms. The predicted molar refractivity (Wildman–Crippen MR) is 132 cm³/mol. The van der Waals surface area contributed by atoms with E-state index in [0.29, 0.717) is 11.3 Å². The van der Waals surface area contributed by atoms with Gasteiger partial charge in [-0.3, -0.25) is 20.4 Å². The predicted octanol–water partition coefficient (Wildman–Crippen LogP) is 4.03. The van der Waals surface area contributed by atoms with Crippen LogP contribution in [0, 0.1) is 19.8 Å². The molecule has 8 heteroatoms. The van der Waals surface area contributed by atoms with E-state index in [1.54, 1.807) is 48.5 Å². The number of rotatable bonds is 8. The zero-order valence-electron chi connectivity index (χ0n) is 19.6. The van der Waals surface area contributed by atoms with Gasteiger partial charge in [-0.2, -0.15) is 0 Å². The van der Waals surface area contributed by atoms with Gasteiger partial charge in [-0.05, 0) is 67.8 Å². The molecule has 7 nitrogen and oxygen atoms in total. The molecule has 0 fully saturated rings. The average Bonchev–Trinajstić information content (AvgIpc) is 2.81. The molecule has 3 rings (SSSR count). The molecule has 0 heterocycles. The average molecular weight is 480 g/mol. The van der Waals surface area contributed by atoms with Crippen LogP contribution in [-0.2, 0) is 14.6 Å². The van der Waals surface area contributed by atoms with Crippen LogP contribution < -0.4 is 16.2 Å². The summed E-state index contributed by atoms with van der Waals surface area (Å²) in [7, 11) is -3.63. The number of hydrogen-bond acceptors (Lipinski definition) is 5. The van der Waals surface area contributed by atoms with Gasteiger partial charge in [0, 0.05) is 5.56 Å². The molecule has 0 aliphatic rings. The van der Waals surface area contributed by atoms with Gasteiger partial charge in [0.2, 0.25) is 9.84 Å². The van der Waals surface area contributed by atoms with E-state index in [2.05, 4.69) is 16.2 Å². The number of amides is 2. The number of aryl methyl sites for hydroxylation is 2. The second kappa shape index (κ2) is 10.5. The summed E-state index contributed by atoms with van der Waals surface area (Å²) < 4.78 is 25.6. The van der Waals surface area contributed by atoms with E-state index in [-0.39, 0.29) is 21.6 Å². The van der Waals surface area contributed by atoms with E-state index in [1.807, 2.05) is 39.8 Å². The van der Waals surface area contributed by atoms with Crippen molar-refractivity contribution in [3.05, 3.63) is 89.5 Å². The van der Waals surface area contributed by atoms with Gasteiger partial charge in [0.05, 0.1) is 15.5 Å². The van der Waals surface area contributed by atoms with Crippen LogP contribution >= 0.6 is 0 Å². The second-order valence-electron chi connectivity index (χ2n) is 8.47. The number of anilines is 1. The minimum atomic E-state index is -3.63. The zero-order valence-corrected chi connectivity index (χ0v) is 20.4. The molecular formula is C26H29N3O4S. The molecule has 0 aliphatic heterocycles. The van der Waals surface area contributed by atoms with Crippen molar-refractivity contribution in [2.45, 2.75) is 43.5 Å². The van der Waals surface area contributed by atoms with Gasteiger partial charge in [-0.15, -0.1) is 0 Å². The number of benzene rings is 3. The lowest BCUT2D eigenvalue weighted by atomic mass is 10.0. The number of hydrogen-bond donors (Lipinski definition) is 3. The van der Waals surface area contributed by atoms with Crippen molar-refractivity contribution in [2.24, 2.45) is 5.92 Å². The highest BCUT2D eigenvalue weighted by molar-refractivity contribution is 7.91. The Kier molecular flexibility index (Phi) is 7.73. The normalized spacial score (nSPS) is 12.1. The largest absolute Gasteiger partial charge is 0.340 e. The molecule has 2 amide bonds. The van der Waals surface area contributed by atoms with Crippen molar-refractivity contribution in [2.75, 3.05) is 5.43 Å². The topological polar surface area (TPSA) is 104 Å². The maximum Gasteiger partial charge on any atom is 0.261 e. The first-order chi connectivity index (χ1) is 16.1. The summed E-state index contributed by atoms with van der Waals surface area (Å²) in [4.78, 5) is 25.8. The van der Waals surface area contributed by atoms with Gasteiger partial charge in [0.1, 0.15) is 6.04 Å². The summed E-state index contributed by atoms with van der Waals surface area (Å²) in [5.41, 5.74) is 8.19. The molecule has 0 radical (unpaired) electrons. The van der Waals surface area contributed by atoms with Crippen LogP contribution in [0.3, 0.4) is 0 Å². The van der Waals surface area contributed by atoms with E-state index in [9.17, 15) is 18.0 Å². The lowest BCUT2D eigenvalue weighted by molar-refractivity contribution is -0.123. The van der Waals surface area contributed by atoms with Crippen molar-refractivity contribution >= 4 is 27.3 Å². The van der Waals surface area contributed by atoms with Crippen molar-refractivity contribution < 1.29 is 18.0 Å². The fourth-order valence-corrected chi connectivity index (χ4v) is 4.63. The molecule has 0 bridgehead atoms. The molecule has 0 spiro atoms. The summed E-state index contributed by atoms with van der Waals surface area (Å²) in [6.45, 7) is 7.41. The minimum absolute atomic E-state index is 0.152. The van der Waals surface area contributed by atoms with Gasteiger partial charge in [0.15, 0.2) is 0 Å². The van der Waals surface area contributed by atoms with Gasteiger partial charge in [-0.25, -0.2) is 8.42 Å². The summed E-state index contributed by atoms with van der Waals surface area (Å²) in [5, 5.41) is 2.79. The van der Waals surface area contributed by atoms with Crippen LogP contribution in [0.4, 0.5) is 5.69 Å². The molecule has 178 valence electrons. The van der Waals surface area contributed by atoms with Crippen molar-refractivity contribution in [1.29, 1.82) is 0 Å². The molecule has 0 saturated carbocycles. The Morgan fingerprint density at radius 2 is 1.35 bits per heavy atom. The van der Waals surface area contributed by atoms with Crippen LogP contribution in [0.25, 0.3) is 0 Å². The third-order valence-electron chi connectivity index (χ3n) is 5.45. The smallest absolute Gasteiger partial charge is 0.261 e. The Balaban J connectivity index is 1.65. The van der Waals surface area contributed by atoms with Gasteiger partial charge in [0.25, 0.3) is 11.8 Å².